The third kappa shape index (κ3) is 3.66. The van der Waals surface area contributed by atoms with Crippen LogP contribution in [0.4, 0.5) is 0 Å². The largest absolute Gasteiger partial charge is 0.377 e. The van der Waals surface area contributed by atoms with Crippen molar-refractivity contribution >= 4 is 5.91 Å². The van der Waals surface area contributed by atoms with Gasteiger partial charge in [-0.3, -0.25) is 9.69 Å². The van der Waals surface area contributed by atoms with Gasteiger partial charge in [0, 0.05) is 26.2 Å². The molecule has 2 fully saturated rings. The molecule has 5 nitrogen and oxygen atoms in total. The summed E-state index contributed by atoms with van der Waals surface area (Å²) in [5, 5.41) is 0. The summed E-state index contributed by atoms with van der Waals surface area (Å²) in [5.41, 5.74) is 5.30. The standard InChI is InChI=1S/C12H22N2O3/c1-9-6-14(8-11(17-9)12(13)15)7-10-4-2-3-5-16-10/h9-11H,2-8H2,1H3,(H2,13,15)/t9-,10-,11-/m1/s1. The smallest absolute Gasteiger partial charge is 0.247 e. The molecule has 0 unspecified atom stereocenters. The highest BCUT2D eigenvalue weighted by Gasteiger charge is 2.30. The van der Waals surface area contributed by atoms with Gasteiger partial charge in [0.05, 0.1) is 12.2 Å². The highest BCUT2D eigenvalue weighted by molar-refractivity contribution is 5.79. The molecule has 2 rings (SSSR count). The van der Waals surface area contributed by atoms with E-state index in [4.69, 9.17) is 15.2 Å². The first-order valence-electron chi connectivity index (χ1n) is 6.44. The molecule has 2 N–H and O–H groups in total. The summed E-state index contributed by atoms with van der Waals surface area (Å²) < 4.78 is 11.2. The van der Waals surface area contributed by atoms with E-state index < -0.39 is 6.10 Å². The van der Waals surface area contributed by atoms with Crippen LogP contribution < -0.4 is 5.73 Å². The average Bonchev–Trinajstić information content (AvgIpc) is 2.29. The highest BCUT2D eigenvalue weighted by atomic mass is 16.5. The van der Waals surface area contributed by atoms with Crippen molar-refractivity contribution < 1.29 is 14.3 Å². The van der Waals surface area contributed by atoms with Crippen LogP contribution in [-0.4, -0.2) is 55.4 Å². The zero-order chi connectivity index (χ0) is 12.3. The first-order valence-corrected chi connectivity index (χ1v) is 6.44. The maximum atomic E-state index is 11.2. The molecule has 0 aromatic rings. The van der Waals surface area contributed by atoms with Crippen molar-refractivity contribution in [3.8, 4) is 0 Å². The maximum Gasteiger partial charge on any atom is 0.247 e. The Morgan fingerprint density at radius 2 is 2.24 bits per heavy atom. The Labute approximate surface area is 102 Å². The molecule has 2 aliphatic heterocycles. The maximum absolute atomic E-state index is 11.2. The van der Waals surface area contributed by atoms with Gasteiger partial charge in [0.15, 0.2) is 0 Å². The average molecular weight is 242 g/mol. The summed E-state index contributed by atoms with van der Waals surface area (Å²) in [7, 11) is 0. The number of hydrogen-bond donors (Lipinski definition) is 1. The Bertz CT molecular complexity index is 266. The Balaban J connectivity index is 1.84. The second kappa shape index (κ2) is 5.80. The molecule has 3 atom stereocenters. The third-order valence-electron chi connectivity index (χ3n) is 3.39. The van der Waals surface area contributed by atoms with Crippen LogP contribution in [0.5, 0.6) is 0 Å². The molecule has 98 valence electrons. The van der Waals surface area contributed by atoms with E-state index in [1.54, 1.807) is 0 Å². The second-order valence-corrected chi connectivity index (χ2v) is 5.04. The van der Waals surface area contributed by atoms with Crippen molar-refractivity contribution in [1.82, 2.24) is 4.90 Å². The minimum atomic E-state index is -0.470. The molecular formula is C12H22N2O3. The lowest BCUT2D eigenvalue weighted by Gasteiger charge is -2.37. The Morgan fingerprint density at radius 1 is 1.41 bits per heavy atom. The van der Waals surface area contributed by atoms with E-state index in [1.807, 2.05) is 6.92 Å². The number of carbonyl (C=O) groups excluding carboxylic acids is 1. The molecule has 1 amide bonds. The van der Waals surface area contributed by atoms with Crippen molar-refractivity contribution in [2.24, 2.45) is 5.73 Å². The van der Waals surface area contributed by atoms with Crippen LogP contribution >= 0.6 is 0 Å². The molecule has 0 bridgehead atoms. The van der Waals surface area contributed by atoms with E-state index in [2.05, 4.69) is 4.90 Å². The summed E-state index contributed by atoms with van der Waals surface area (Å²) in [5.74, 6) is -0.369. The van der Waals surface area contributed by atoms with Gasteiger partial charge < -0.3 is 15.2 Å². The van der Waals surface area contributed by atoms with Crippen molar-refractivity contribution in [3.63, 3.8) is 0 Å². The van der Waals surface area contributed by atoms with Crippen LogP contribution in [0.25, 0.3) is 0 Å². The predicted octanol–water partition coefficient (Wildman–Crippen LogP) is 0.130. The van der Waals surface area contributed by atoms with Crippen molar-refractivity contribution in [3.05, 3.63) is 0 Å². The van der Waals surface area contributed by atoms with Gasteiger partial charge >= 0.3 is 0 Å². The second-order valence-electron chi connectivity index (χ2n) is 5.04. The number of primary amides is 1. The van der Waals surface area contributed by atoms with Gasteiger partial charge in [0.2, 0.25) is 5.91 Å². The normalized spacial score (nSPS) is 35.7. The van der Waals surface area contributed by atoms with Crippen LogP contribution in [0, 0.1) is 0 Å². The summed E-state index contributed by atoms with van der Waals surface area (Å²) in [6, 6.07) is 0. The molecule has 2 heterocycles. The van der Waals surface area contributed by atoms with E-state index in [0.29, 0.717) is 12.6 Å². The van der Waals surface area contributed by atoms with Crippen molar-refractivity contribution in [1.29, 1.82) is 0 Å². The first-order chi connectivity index (χ1) is 8.15. The molecular weight excluding hydrogens is 220 g/mol. The molecule has 0 aromatic carbocycles. The highest BCUT2D eigenvalue weighted by Crippen LogP contribution is 2.17. The number of nitrogens with zero attached hydrogens (tertiary/aromatic N) is 1. The number of hydrogen-bond acceptors (Lipinski definition) is 4. The van der Waals surface area contributed by atoms with E-state index in [9.17, 15) is 4.79 Å². The first kappa shape index (κ1) is 12.8. The zero-order valence-corrected chi connectivity index (χ0v) is 10.4. The number of morpholine rings is 1. The molecule has 0 radical (unpaired) electrons. The van der Waals surface area contributed by atoms with Gasteiger partial charge in [-0.15, -0.1) is 0 Å². The summed E-state index contributed by atoms with van der Waals surface area (Å²) in [6.07, 6.45) is 3.42. The lowest BCUT2D eigenvalue weighted by molar-refractivity contribution is -0.144. The lowest BCUT2D eigenvalue weighted by Crippen LogP contribution is -2.53. The molecule has 0 aromatic heterocycles. The van der Waals surface area contributed by atoms with Crippen LogP contribution in [-0.2, 0) is 14.3 Å². The molecule has 2 aliphatic rings. The summed E-state index contributed by atoms with van der Waals surface area (Å²) >= 11 is 0. The number of ether oxygens (including phenoxy) is 2. The fourth-order valence-electron chi connectivity index (χ4n) is 2.58. The Kier molecular flexibility index (Phi) is 4.36. The van der Waals surface area contributed by atoms with Crippen molar-refractivity contribution in [2.45, 2.75) is 44.5 Å². The topological polar surface area (TPSA) is 64.8 Å². The number of rotatable bonds is 3. The SMILES string of the molecule is C[C@@H]1CN(C[C@H]2CCCCO2)C[C@H](C(N)=O)O1. The number of carbonyl (C=O) groups is 1. The fourth-order valence-corrected chi connectivity index (χ4v) is 2.58. The van der Waals surface area contributed by atoms with Gasteiger partial charge in [-0.05, 0) is 26.2 Å². The van der Waals surface area contributed by atoms with Gasteiger partial charge in [-0.25, -0.2) is 0 Å². The van der Waals surface area contributed by atoms with E-state index in [0.717, 1.165) is 26.1 Å². The van der Waals surface area contributed by atoms with Crippen molar-refractivity contribution in [2.75, 3.05) is 26.2 Å². The number of amides is 1. The van der Waals surface area contributed by atoms with Crippen LogP contribution in [0.3, 0.4) is 0 Å². The predicted molar refractivity (Wildman–Crippen MR) is 63.6 cm³/mol. The monoisotopic (exact) mass is 242 g/mol. The molecule has 2 saturated heterocycles. The summed E-state index contributed by atoms with van der Waals surface area (Å²) in [4.78, 5) is 13.4. The molecule has 17 heavy (non-hydrogen) atoms. The van der Waals surface area contributed by atoms with Crippen LogP contribution in [0.2, 0.25) is 0 Å². The van der Waals surface area contributed by atoms with Crippen LogP contribution in [0.1, 0.15) is 26.2 Å². The quantitative estimate of drug-likeness (QED) is 0.764. The van der Waals surface area contributed by atoms with Gasteiger partial charge in [-0.1, -0.05) is 0 Å². The van der Waals surface area contributed by atoms with E-state index >= 15 is 0 Å². The molecule has 5 heteroatoms. The zero-order valence-electron chi connectivity index (χ0n) is 10.4. The lowest BCUT2D eigenvalue weighted by atomic mass is 10.1. The van der Waals surface area contributed by atoms with Gasteiger partial charge in [-0.2, -0.15) is 0 Å². The van der Waals surface area contributed by atoms with Gasteiger partial charge in [0.1, 0.15) is 6.10 Å². The van der Waals surface area contributed by atoms with E-state index in [1.165, 1.54) is 12.8 Å². The van der Waals surface area contributed by atoms with Crippen LogP contribution in [0.15, 0.2) is 0 Å². The number of nitrogens with two attached hydrogens (primary N) is 1. The minimum absolute atomic E-state index is 0.0600. The molecule has 0 saturated carbocycles. The summed E-state index contributed by atoms with van der Waals surface area (Å²) in [6.45, 7) is 5.17. The van der Waals surface area contributed by atoms with Gasteiger partial charge in [0.25, 0.3) is 0 Å². The minimum Gasteiger partial charge on any atom is -0.377 e. The Hall–Kier alpha value is -0.650. The molecule has 0 spiro atoms. The Morgan fingerprint density at radius 3 is 2.88 bits per heavy atom. The fraction of sp³-hybridized carbons (Fsp3) is 0.917. The molecule has 0 aliphatic carbocycles. The van der Waals surface area contributed by atoms with E-state index in [-0.39, 0.29) is 12.0 Å². The third-order valence-corrected chi connectivity index (χ3v) is 3.39.